The number of rotatable bonds is 11. The number of nitrogens with zero attached hydrogens (tertiary/aromatic N) is 4. The Hall–Kier alpha value is -1.82. The zero-order valence-corrected chi connectivity index (χ0v) is 17.1. The van der Waals surface area contributed by atoms with E-state index >= 15 is 0 Å². The molecular weight excluding hydrogens is 344 g/mol. The molecule has 0 atom stereocenters. The molecule has 0 bridgehead atoms. The van der Waals surface area contributed by atoms with Gasteiger partial charge in [0.05, 0.1) is 12.8 Å². The third-order valence-electron chi connectivity index (χ3n) is 4.07. The number of thioether (sulfide) groups is 1. The number of benzene rings is 1. The van der Waals surface area contributed by atoms with E-state index in [1.54, 1.807) is 11.8 Å². The molecule has 1 aromatic heterocycles. The summed E-state index contributed by atoms with van der Waals surface area (Å²) in [5, 5.41) is 13.9. The second kappa shape index (κ2) is 11.0. The van der Waals surface area contributed by atoms with Gasteiger partial charge >= 0.3 is 0 Å². The molecule has 142 valence electrons. The molecule has 0 aliphatic carbocycles. The van der Waals surface area contributed by atoms with Crippen LogP contribution in [-0.4, -0.2) is 34.0 Å². The minimum atomic E-state index is 0.259. The molecule has 0 N–H and O–H groups in total. The lowest BCUT2D eigenvalue weighted by atomic mass is 10.2. The maximum Gasteiger partial charge on any atom is 0.211 e. The van der Waals surface area contributed by atoms with Gasteiger partial charge in [0.25, 0.3) is 0 Å². The smallest absolute Gasteiger partial charge is 0.211 e. The largest absolute Gasteiger partial charge is 0.493 e. The van der Waals surface area contributed by atoms with Crippen molar-refractivity contribution in [2.45, 2.75) is 63.9 Å². The van der Waals surface area contributed by atoms with Gasteiger partial charge in [0.1, 0.15) is 5.75 Å². The maximum atomic E-state index is 5.98. The molecule has 0 spiro atoms. The van der Waals surface area contributed by atoms with Gasteiger partial charge in [-0.3, -0.25) is 0 Å². The van der Waals surface area contributed by atoms with Crippen molar-refractivity contribution in [1.29, 1.82) is 0 Å². The van der Waals surface area contributed by atoms with Gasteiger partial charge in [-0.15, -0.1) is 10.2 Å². The minimum absolute atomic E-state index is 0.259. The number of hydrogen-bond acceptors (Lipinski definition) is 5. The number of unbranched alkanes of at least 4 members (excludes halogenated alkanes) is 4. The van der Waals surface area contributed by atoms with Crippen LogP contribution in [0, 0.1) is 0 Å². The summed E-state index contributed by atoms with van der Waals surface area (Å²) in [6.07, 6.45) is 9.98. The highest BCUT2D eigenvalue weighted by atomic mass is 32.2. The number of para-hydroxylation sites is 1. The molecule has 0 aliphatic rings. The number of hydrogen-bond donors (Lipinski definition) is 0. The highest BCUT2D eigenvalue weighted by molar-refractivity contribution is 7.98. The molecule has 26 heavy (non-hydrogen) atoms. The highest BCUT2D eigenvalue weighted by Gasteiger charge is 2.13. The Bertz CT molecular complexity index is 697. The lowest BCUT2D eigenvalue weighted by Gasteiger charge is -2.09. The van der Waals surface area contributed by atoms with Gasteiger partial charge in [-0.2, -0.15) is 9.78 Å². The quantitative estimate of drug-likeness (QED) is 0.302. The monoisotopic (exact) mass is 374 g/mol. The Morgan fingerprint density at radius 2 is 1.92 bits per heavy atom. The zero-order valence-electron chi connectivity index (χ0n) is 16.3. The second-order valence-corrected chi connectivity index (χ2v) is 7.33. The SMILES string of the molecule is CCCCCCCOc1ccccc1/C=N\n1c(SC)nnc1C(C)C. The van der Waals surface area contributed by atoms with Crippen LogP contribution in [-0.2, 0) is 0 Å². The topological polar surface area (TPSA) is 52.3 Å². The van der Waals surface area contributed by atoms with Gasteiger partial charge in [-0.25, -0.2) is 0 Å². The fourth-order valence-corrected chi connectivity index (χ4v) is 3.03. The third kappa shape index (κ3) is 5.87. The van der Waals surface area contributed by atoms with Crippen molar-refractivity contribution >= 4 is 18.0 Å². The Kier molecular flexibility index (Phi) is 8.68. The molecule has 1 heterocycles. The van der Waals surface area contributed by atoms with Crippen LogP contribution in [0.1, 0.15) is 70.2 Å². The zero-order chi connectivity index (χ0) is 18.8. The van der Waals surface area contributed by atoms with Crippen LogP contribution < -0.4 is 4.74 Å². The van der Waals surface area contributed by atoms with E-state index in [0.717, 1.165) is 35.3 Å². The number of ether oxygens (including phenoxy) is 1. The molecule has 2 aromatic rings. The maximum absolute atomic E-state index is 5.98. The first-order chi connectivity index (χ1) is 12.7. The van der Waals surface area contributed by atoms with E-state index in [4.69, 9.17) is 4.74 Å². The van der Waals surface area contributed by atoms with Gasteiger partial charge in [0.15, 0.2) is 5.82 Å². The van der Waals surface area contributed by atoms with Gasteiger partial charge in [0, 0.05) is 11.5 Å². The van der Waals surface area contributed by atoms with Crippen LogP contribution in [0.25, 0.3) is 0 Å². The summed E-state index contributed by atoms with van der Waals surface area (Å²) in [6, 6.07) is 8.02. The molecule has 5 nitrogen and oxygen atoms in total. The van der Waals surface area contributed by atoms with Crippen LogP contribution in [0.5, 0.6) is 5.75 Å². The van der Waals surface area contributed by atoms with Crippen LogP contribution in [0.2, 0.25) is 0 Å². The van der Waals surface area contributed by atoms with E-state index in [2.05, 4.69) is 36.1 Å². The van der Waals surface area contributed by atoms with Gasteiger partial charge in [-0.05, 0) is 24.8 Å². The van der Waals surface area contributed by atoms with E-state index in [-0.39, 0.29) is 5.92 Å². The first kappa shape index (κ1) is 20.5. The van der Waals surface area contributed by atoms with E-state index in [0.29, 0.717) is 0 Å². The Morgan fingerprint density at radius 3 is 2.65 bits per heavy atom. The van der Waals surface area contributed by atoms with Crippen molar-refractivity contribution < 1.29 is 4.74 Å². The molecule has 0 unspecified atom stereocenters. The van der Waals surface area contributed by atoms with Crippen LogP contribution in [0.4, 0.5) is 0 Å². The van der Waals surface area contributed by atoms with Gasteiger partial charge in [-0.1, -0.05) is 70.3 Å². The van der Waals surface area contributed by atoms with Crippen molar-refractivity contribution in [2.75, 3.05) is 12.9 Å². The van der Waals surface area contributed by atoms with Crippen LogP contribution in [0.3, 0.4) is 0 Å². The second-order valence-electron chi connectivity index (χ2n) is 6.56. The molecular formula is C20H30N4OS. The predicted molar refractivity (Wildman–Crippen MR) is 110 cm³/mol. The summed E-state index contributed by atoms with van der Waals surface area (Å²) in [6.45, 7) is 7.16. The number of aromatic nitrogens is 3. The minimum Gasteiger partial charge on any atom is -0.493 e. The van der Waals surface area contributed by atoms with Crippen molar-refractivity contribution in [2.24, 2.45) is 5.10 Å². The van der Waals surface area contributed by atoms with E-state index in [9.17, 15) is 0 Å². The van der Waals surface area contributed by atoms with E-state index < -0.39 is 0 Å². The normalized spacial score (nSPS) is 11.6. The molecule has 2 rings (SSSR count). The van der Waals surface area contributed by atoms with Crippen LogP contribution in [0.15, 0.2) is 34.5 Å². The summed E-state index contributed by atoms with van der Waals surface area (Å²) in [4.78, 5) is 0. The first-order valence-electron chi connectivity index (χ1n) is 9.42. The standard InChI is InChI=1S/C20H30N4OS/c1-5-6-7-8-11-14-25-18-13-10-9-12-17(18)15-21-24-19(16(2)3)22-23-20(24)26-4/h9-10,12-13,15-16H,5-8,11,14H2,1-4H3/b21-15-. The summed E-state index contributed by atoms with van der Waals surface area (Å²) in [5.41, 5.74) is 0.969. The predicted octanol–water partition coefficient (Wildman–Crippen LogP) is 5.35. The molecule has 0 amide bonds. The van der Waals surface area contributed by atoms with E-state index in [1.807, 2.05) is 41.4 Å². The first-order valence-corrected chi connectivity index (χ1v) is 10.6. The highest BCUT2D eigenvalue weighted by Crippen LogP contribution is 2.21. The van der Waals surface area contributed by atoms with E-state index in [1.165, 1.54) is 25.7 Å². The average Bonchev–Trinajstić information content (AvgIpc) is 3.07. The molecule has 1 aromatic carbocycles. The van der Waals surface area contributed by atoms with Gasteiger partial charge < -0.3 is 4.74 Å². The summed E-state index contributed by atoms with van der Waals surface area (Å²) in [5.74, 6) is 1.99. The molecule has 0 saturated carbocycles. The fraction of sp³-hybridized carbons (Fsp3) is 0.550. The van der Waals surface area contributed by atoms with Crippen LogP contribution >= 0.6 is 11.8 Å². The lowest BCUT2D eigenvalue weighted by Crippen LogP contribution is -2.03. The van der Waals surface area contributed by atoms with Crippen molar-refractivity contribution in [1.82, 2.24) is 14.9 Å². The summed E-state index contributed by atoms with van der Waals surface area (Å²) in [7, 11) is 0. The van der Waals surface area contributed by atoms with Crippen molar-refractivity contribution in [3.8, 4) is 5.75 Å². The summed E-state index contributed by atoms with van der Waals surface area (Å²) < 4.78 is 7.80. The lowest BCUT2D eigenvalue weighted by molar-refractivity contribution is 0.304. The molecule has 6 heteroatoms. The third-order valence-corrected chi connectivity index (χ3v) is 4.69. The molecule has 0 aliphatic heterocycles. The Labute approximate surface area is 161 Å². The Balaban J connectivity index is 2.06. The average molecular weight is 375 g/mol. The Morgan fingerprint density at radius 1 is 1.15 bits per heavy atom. The summed E-state index contributed by atoms with van der Waals surface area (Å²) >= 11 is 1.54. The van der Waals surface area contributed by atoms with Gasteiger partial charge in [0.2, 0.25) is 5.16 Å². The van der Waals surface area contributed by atoms with Crippen molar-refractivity contribution in [3.05, 3.63) is 35.7 Å². The van der Waals surface area contributed by atoms with Crippen molar-refractivity contribution in [3.63, 3.8) is 0 Å². The molecule has 0 saturated heterocycles. The molecule has 0 radical (unpaired) electrons. The fourth-order valence-electron chi connectivity index (χ4n) is 2.60. The molecule has 0 fully saturated rings.